The first kappa shape index (κ1) is 8.54. The maximum absolute atomic E-state index is 8.61. The Kier molecular flexibility index (Phi) is 2.89. The molecule has 1 rings (SSSR count). The van der Waals surface area contributed by atoms with Gasteiger partial charge in [0.05, 0.1) is 6.61 Å². The normalized spacial score (nSPS) is 9.73. The molecule has 0 aliphatic carbocycles. The van der Waals surface area contributed by atoms with Crippen LogP contribution in [0.25, 0.3) is 0 Å². The molecule has 0 fully saturated rings. The first-order valence-corrected chi connectivity index (χ1v) is 3.76. The van der Waals surface area contributed by atoms with Gasteiger partial charge < -0.3 is 19.8 Å². The van der Waals surface area contributed by atoms with Crippen LogP contribution in [0.1, 0.15) is 4.88 Å². The number of thiophene rings is 1. The van der Waals surface area contributed by atoms with Crippen LogP contribution < -0.4 is 4.65 Å². The second-order valence-electron chi connectivity index (χ2n) is 1.82. The zero-order valence-electron chi connectivity index (χ0n) is 5.60. The second-order valence-corrected chi connectivity index (χ2v) is 2.95. The smallest absolute Gasteiger partial charge is 0.504 e. The van der Waals surface area contributed by atoms with E-state index >= 15 is 0 Å². The summed E-state index contributed by atoms with van der Waals surface area (Å²) in [5, 5.41) is 25.7. The van der Waals surface area contributed by atoms with E-state index in [1.807, 2.05) is 0 Å². The zero-order valence-corrected chi connectivity index (χ0v) is 6.41. The van der Waals surface area contributed by atoms with Crippen molar-refractivity contribution >= 4 is 18.7 Å². The van der Waals surface area contributed by atoms with Crippen LogP contribution in [0, 0.1) is 0 Å². The van der Waals surface area contributed by atoms with E-state index < -0.39 is 7.32 Å². The number of hydrogen-bond donors (Lipinski definition) is 3. The molecule has 0 aliphatic rings. The molecule has 0 amide bonds. The van der Waals surface area contributed by atoms with Crippen LogP contribution in [-0.2, 0) is 6.61 Å². The number of rotatable bonds is 3. The summed E-state index contributed by atoms with van der Waals surface area (Å²) in [6, 6.07) is 3.22. The third kappa shape index (κ3) is 2.51. The molecule has 1 aromatic heterocycles. The quantitative estimate of drug-likeness (QED) is 0.544. The minimum atomic E-state index is -1.79. The Morgan fingerprint density at radius 2 is 2.18 bits per heavy atom. The van der Waals surface area contributed by atoms with Crippen LogP contribution in [-0.4, -0.2) is 22.5 Å². The average molecular weight is 174 g/mol. The van der Waals surface area contributed by atoms with Gasteiger partial charge in [0, 0.05) is 4.88 Å². The molecule has 6 heteroatoms. The standard InChI is InChI=1S/C5H7BO4S/c7-3-4-1-2-5(11-4)10-6(8)9/h1-2,7-9H,3H2. The van der Waals surface area contributed by atoms with E-state index in [9.17, 15) is 0 Å². The molecule has 11 heavy (non-hydrogen) atoms. The Morgan fingerprint density at radius 1 is 1.45 bits per heavy atom. The average Bonchev–Trinajstić information content (AvgIpc) is 2.34. The molecule has 0 spiro atoms. The minimum Gasteiger partial charge on any atom is -0.504 e. The molecule has 0 saturated carbocycles. The van der Waals surface area contributed by atoms with Crippen LogP contribution in [0.3, 0.4) is 0 Å². The highest BCUT2D eigenvalue weighted by molar-refractivity contribution is 7.14. The van der Waals surface area contributed by atoms with Gasteiger partial charge in [-0.3, -0.25) is 0 Å². The van der Waals surface area contributed by atoms with Crippen molar-refractivity contribution in [2.24, 2.45) is 0 Å². The number of hydrogen-bond acceptors (Lipinski definition) is 5. The van der Waals surface area contributed by atoms with Crippen molar-refractivity contribution in [3.05, 3.63) is 17.0 Å². The fourth-order valence-electron chi connectivity index (χ4n) is 0.610. The molecule has 0 bridgehead atoms. The van der Waals surface area contributed by atoms with Crippen molar-refractivity contribution in [2.45, 2.75) is 6.61 Å². The Hall–Kier alpha value is -0.555. The zero-order chi connectivity index (χ0) is 8.27. The largest absolute Gasteiger partial charge is 0.708 e. The summed E-state index contributed by atoms with van der Waals surface area (Å²) in [7, 11) is -1.79. The summed E-state index contributed by atoms with van der Waals surface area (Å²) in [5.41, 5.74) is 0. The predicted molar refractivity (Wildman–Crippen MR) is 41.1 cm³/mol. The van der Waals surface area contributed by atoms with Crippen LogP contribution in [0.5, 0.6) is 5.06 Å². The lowest BCUT2D eigenvalue weighted by Crippen LogP contribution is -2.19. The highest BCUT2D eigenvalue weighted by Gasteiger charge is 2.12. The van der Waals surface area contributed by atoms with E-state index in [0.717, 1.165) is 4.88 Å². The molecule has 1 heterocycles. The summed E-state index contributed by atoms with van der Waals surface area (Å²) in [5.74, 6) is 0. The molecule has 0 atom stereocenters. The second kappa shape index (κ2) is 3.73. The van der Waals surface area contributed by atoms with E-state index in [0.29, 0.717) is 5.06 Å². The Morgan fingerprint density at radius 3 is 2.64 bits per heavy atom. The molecule has 0 unspecified atom stereocenters. The van der Waals surface area contributed by atoms with Crippen LogP contribution in [0.2, 0.25) is 0 Å². The van der Waals surface area contributed by atoms with E-state index in [1.54, 1.807) is 12.1 Å². The van der Waals surface area contributed by atoms with Gasteiger partial charge >= 0.3 is 7.32 Å². The topological polar surface area (TPSA) is 69.9 Å². The molecule has 0 aliphatic heterocycles. The monoisotopic (exact) mass is 174 g/mol. The van der Waals surface area contributed by atoms with Crippen molar-refractivity contribution in [1.82, 2.24) is 0 Å². The Balaban J connectivity index is 2.58. The van der Waals surface area contributed by atoms with Gasteiger partial charge in [0.2, 0.25) is 0 Å². The first-order chi connectivity index (χ1) is 5.22. The highest BCUT2D eigenvalue weighted by Crippen LogP contribution is 2.24. The lowest BCUT2D eigenvalue weighted by atomic mass is 10.3. The third-order valence-corrected chi connectivity index (χ3v) is 1.98. The van der Waals surface area contributed by atoms with E-state index in [2.05, 4.69) is 4.65 Å². The predicted octanol–water partition coefficient (Wildman–Crippen LogP) is -0.411. The minimum absolute atomic E-state index is 0.0600. The van der Waals surface area contributed by atoms with Gasteiger partial charge in [0.15, 0.2) is 5.06 Å². The van der Waals surface area contributed by atoms with Gasteiger partial charge in [0.25, 0.3) is 0 Å². The molecule has 60 valence electrons. The maximum Gasteiger partial charge on any atom is 0.708 e. The fourth-order valence-corrected chi connectivity index (χ4v) is 1.34. The molecular weight excluding hydrogens is 167 g/mol. The molecular formula is C5H7BO4S. The van der Waals surface area contributed by atoms with Gasteiger partial charge in [-0.25, -0.2) is 0 Å². The van der Waals surface area contributed by atoms with Gasteiger partial charge in [-0.1, -0.05) is 0 Å². The lowest BCUT2D eigenvalue weighted by Gasteiger charge is -1.97. The summed E-state index contributed by atoms with van der Waals surface area (Å²) in [6.45, 7) is -0.0600. The van der Waals surface area contributed by atoms with Crippen LogP contribution in [0.15, 0.2) is 12.1 Å². The summed E-state index contributed by atoms with van der Waals surface area (Å²) in [6.07, 6.45) is 0. The van der Waals surface area contributed by atoms with Gasteiger partial charge in [-0.2, -0.15) is 0 Å². The molecule has 4 nitrogen and oxygen atoms in total. The SMILES string of the molecule is OCc1ccc(OB(O)O)s1. The number of aliphatic hydroxyl groups excluding tert-OH is 1. The molecule has 3 N–H and O–H groups in total. The van der Waals surface area contributed by atoms with E-state index in [4.69, 9.17) is 15.2 Å². The molecule has 1 aromatic rings. The van der Waals surface area contributed by atoms with Crippen molar-refractivity contribution in [3.63, 3.8) is 0 Å². The van der Waals surface area contributed by atoms with E-state index in [1.165, 1.54) is 11.3 Å². The highest BCUT2D eigenvalue weighted by atomic mass is 32.1. The summed E-state index contributed by atoms with van der Waals surface area (Å²) >= 11 is 1.17. The molecule has 0 aromatic carbocycles. The van der Waals surface area contributed by atoms with Crippen molar-refractivity contribution in [3.8, 4) is 5.06 Å². The maximum atomic E-state index is 8.61. The third-order valence-electron chi connectivity index (χ3n) is 1.01. The number of aliphatic hydroxyl groups is 1. The summed E-state index contributed by atoms with van der Waals surface area (Å²) < 4.78 is 4.52. The molecule has 0 radical (unpaired) electrons. The molecule has 0 saturated heterocycles. The van der Waals surface area contributed by atoms with Crippen molar-refractivity contribution in [1.29, 1.82) is 0 Å². The summed E-state index contributed by atoms with van der Waals surface area (Å²) in [4.78, 5) is 0.723. The fraction of sp³-hybridized carbons (Fsp3) is 0.200. The first-order valence-electron chi connectivity index (χ1n) is 2.94. The van der Waals surface area contributed by atoms with Crippen LogP contribution in [0.4, 0.5) is 0 Å². The lowest BCUT2D eigenvalue weighted by molar-refractivity contribution is 0.285. The van der Waals surface area contributed by atoms with E-state index in [-0.39, 0.29) is 6.61 Å². The van der Waals surface area contributed by atoms with Crippen molar-refractivity contribution < 1.29 is 19.8 Å². The van der Waals surface area contributed by atoms with Gasteiger partial charge in [-0.15, -0.1) is 11.3 Å². The Labute approximate surface area is 67.9 Å². The Bertz CT molecular complexity index is 224. The van der Waals surface area contributed by atoms with Crippen molar-refractivity contribution in [2.75, 3.05) is 0 Å². The van der Waals surface area contributed by atoms with Crippen LogP contribution >= 0.6 is 11.3 Å². The van der Waals surface area contributed by atoms with Gasteiger partial charge in [0.1, 0.15) is 0 Å². The van der Waals surface area contributed by atoms with Gasteiger partial charge in [-0.05, 0) is 12.1 Å².